The van der Waals surface area contributed by atoms with Gasteiger partial charge in [-0.25, -0.2) is 0 Å². The minimum absolute atomic E-state index is 0.0629. The van der Waals surface area contributed by atoms with Crippen molar-refractivity contribution < 1.29 is 8.83 Å². The standard InChI is InChI=1S/C94H80BN3O2/c1-91(2,3)63-42-47-76-70(52-63)71-53-64(92(4,5)6)43-48-77(71)96(76)65-44-45-74-79(54-65)98(88-69(60-35-23-16-24-36-60)56-73(94(10,11)12)90-85(88)67-38-26-28-40-83(67)100-90)81-51-62(58-31-19-14-20-32-58)50-80-86(81)95(74)75-49-61(57-29-17-13-18-30-57)41-46-78(75)97(80)87-68(59-33-21-15-22-34-59)55-72(93(7,8)9)89-84(87)66-37-25-27-39-82(66)99-89/h13-56H,1-12H3. The van der Waals surface area contributed by atoms with Crippen LogP contribution in [0.25, 0.3) is 116 Å². The van der Waals surface area contributed by atoms with Gasteiger partial charge in [-0.2, -0.15) is 0 Å². The van der Waals surface area contributed by atoms with Gasteiger partial charge in [-0.1, -0.05) is 271 Å². The van der Waals surface area contributed by atoms with Crippen LogP contribution in [0.15, 0.2) is 276 Å². The molecule has 0 radical (unpaired) electrons. The highest BCUT2D eigenvalue weighted by Crippen LogP contribution is 2.57. The van der Waals surface area contributed by atoms with E-state index >= 15 is 0 Å². The zero-order valence-corrected chi connectivity index (χ0v) is 59.1. The number of hydrogen-bond donors (Lipinski definition) is 0. The molecular formula is C94H80BN3O2. The molecule has 0 unspecified atom stereocenters. The summed E-state index contributed by atoms with van der Waals surface area (Å²) in [5.41, 5.74) is 30.3. The van der Waals surface area contributed by atoms with Crippen LogP contribution in [0, 0.1) is 0 Å². The van der Waals surface area contributed by atoms with E-state index in [0.717, 1.165) is 139 Å². The summed E-state index contributed by atoms with van der Waals surface area (Å²) in [6.07, 6.45) is 0. The second-order valence-corrected chi connectivity index (χ2v) is 32.1. The number of nitrogens with zero attached hydrogens (tertiary/aromatic N) is 3. The maximum atomic E-state index is 7.41. The molecule has 18 rings (SSSR count). The van der Waals surface area contributed by atoms with Gasteiger partial charge in [0.15, 0.2) is 0 Å². The molecule has 0 saturated heterocycles. The summed E-state index contributed by atoms with van der Waals surface area (Å²) in [6.45, 7) is 27.6. The average Bonchev–Trinajstić information content (AvgIpc) is 0.730. The van der Waals surface area contributed by atoms with Crippen LogP contribution in [0.1, 0.15) is 105 Å². The minimum atomic E-state index is -0.308. The molecule has 6 heteroatoms. The van der Waals surface area contributed by atoms with Crippen LogP contribution < -0.4 is 26.2 Å². The molecule has 2 aliphatic heterocycles. The monoisotopic (exact) mass is 1290 g/mol. The Hall–Kier alpha value is -11.1. The van der Waals surface area contributed by atoms with Crippen molar-refractivity contribution in [3.8, 4) is 50.2 Å². The first-order chi connectivity index (χ1) is 48.2. The molecule has 0 aliphatic carbocycles. The van der Waals surface area contributed by atoms with Crippen molar-refractivity contribution in [1.82, 2.24) is 4.57 Å². The number of aromatic nitrogens is 1. The largest absolute Gasteiger partial charge is 0.456 e. The third-order valence-electron chi connectivity index (χ3n) is 21.5. The Bertz CT molecular complexity index is 5940. The van der Waals surface area contributed by atoms with Gasteiger partial charge in [-0.3, -0.25) is 0 Å². The van der Waals surface area contributed by atoms with Gasteiger partial charge in [-0.15, -0.1) is 0 Å². The van der Waals surface area contributed by atoms with Crippen molar-refractivity contribution in [3.05, 3.63) is 289 Å². The molecule has 0 spiro atoms. The Morgan fingerprint density at radius 2 is 0.730 bits per heavy atom. The van der Waals surface area contributed by atoms with E-state index < -0.39 is 0 Å². The molecule has 0 amide bonds. The van der Waals surface area contributed by atoms with E-state index in [4.69, 9.17) is 8.83 Å². The highest BCUT2D eigenvalue weighted by atomic mass is 16.3. The predicted molar refractivity (Wildman–Crippen MR) is 426 cm³/mol. The van der Waals surface area contributed by atoms with Crippen LogP contribution in [0.4, 0.5) is 34.1 Å². The number of benzene rings is 13. The first-order valence-corrected chi connectivity index (χ1v) is 35.5. The van der Waals surface area contributed by atoms with E-state index in [1.807, 2.05) is 0 Å². The highest BCUT2D eigenvalue weighted by Gasteiger charge is 2.47. The summed E-state index contributed by atoms with van der Waals surface area (Å²) >= 11 is 0. The summed E-state index contributed by atoms with van der Waals surface area (Å²) in [4.78, 5) is 5.35. The molecule has 5 nitrogen and oxygen atoms in total. The van der Waals surface area contributed by atoms with Gasteiger partial charge in [0.2, 0.25) is 0 Å². The zero-order valence-electron chi connectivity index (χ0n) is 59.1. The highest BCUT2D eigenvalue weighted by molar-refractivity contribution is 7.00. The number of para-hydroxylation sites is 2. The molecule has 13 aromatic carbocycles. The second kappa shape index (κ2) is 22.2. The summed E-state index contributed by atoms with van der Waals surface area (Å²) < 4.78 is 17.3. The van der Waals surface area contributed by atoms with E-state index in [-0.39, 0.29) is 28.4 Å². The molecule has 486 valence electrons. The van der Waals surface area contributed by atoms with Gasteiger partial charge in [-0.05, 0) is 161 Å². The maximum absolute atomic E-state index is 7.41. The normalized spacial score (nSPS) is 13.3. The topological polar surface area (TPSA) is 37.7 Å². The number of rotatable bonds is 7. The van der Waals surface area contributed by atoms with Crippen molar-refractivity contribution in [1.29, 1.82) is 0 Å². The summed E-state index contributed by atoms with van der Waals surface area (Å²) in [5, 5.41) is 6.80. The van der Waals surface area contributed by atoms with Crippen molar-refractivity contribution in [2.24, 2.45) is 0 Å². The van der Waals surface area contributed by atoms with Gasteiger partial charge >= 0.3 is 0 Å². The van der Waals surface area contributed by atoms with E-state index in [0.29, 0.717) is 0 Å². The van der Waals surface area contributed by atoms with Gasteiger partial charge in [0, 0.05) is 72.2 Å². The van der Waals surface area contributed by atoms with Crippen LogP contribution in [-0.2, 0) is 21.7 Å². The summed E-state index contributed by atoms with van der Waals surface area (Å²) in [7, 11) is 0. The smallest absolute Gasteiger partial charge is 0.252 e. The lowest BCUT2D eigenvalue weighted by atomic mass is 9.33. The second-order valence-electron chi connectivity index (χ2n) is 32.1. The lowest BCUT2D eigenvalue weighted by molar-refractivity contribution is 0.572. The molecule has 100 heavy (non-hydrogen) atoms. The fourth-order valence-electron chi connectivity index (χ4n) is 16.5. The molecule has 5 heterocycles. The van der Waals surface area contributed by atoms with Gasteiger partial charge < -0.3 is 23.2 Å². The van der Waals surface area contributed by atoms with Crippen LogP contribution in [0.5, 0.6) is 0 Å². The van der Waals surface area contributed by atoms with Crippen LogP contribution in [-0.4, -0.2) is 11.3 Å². The zero-order chi connectivity index (χ0) is 68.5. The Labute approximate surface area is 586 Å². The lowest BCUT2D eigenvalue weighted by Gasteiger charge is -2.46. The fraction of sp³-hybridized carbons (Fsp3) is 0.170. The molecule has 0 bridgehead atoms. The Morgan fingerprint density at radius 3 is 1.19 bits per heavy atom. The summed E-state index contributed by atoms with van der Waals surface area (Å²) in [5.74, 6) is 0. The van der Waals surface area contributed by atoms with Gasteiger partial charge in [0.1, 0.15) is 22.3 Å². The van der Waals surface area contributed by atoms with E-state index in [9.17, 15) is 0 Å². The average molecular weight is 1290 g/mol. The lowest BCUT2D eigenvalue weighted by Crippen LogP contribution is -2.61. The van der Waals surface area contributed by atoms with E-state index in [1.165, 1.54) is 49.3 Å². The quantitative estimate of drug-likeness (QED) is 0.149. The number of fused-ring (bicyclic) bond motifs is 13. The van der Waals surface area contributed by atoms with Crippen LogP contribution in [0.2, 0.25) is 0 Å². The van der Waals surface area contributed by atoms with Gasteiger partial charge in [0.25, 0.3) is 6.71 Å². The molecule has 16 aromatic rings. The fourth-order valence-corrected chi connectivity index (χ4v) is 16.5. The molecule has 0 N–H and O–H groups in total. The Balaban J connectivity index is 1.05. The summed E-state index contributed by atoms with van der Waals surface area (Å²) in [6, 6.07) is 101. The van der Waals surface area contributed by atoms with Gasteiger partial charge in [0.05, 0.1) is 33.2 Å². The van der Waals surface area contributed by atoms with Crippen molar-refractivity contribution >= 4 is 123 Å². The predicted octanol–water partition coefficient (Wildman–Crippen LogP) is 24.5. The molecule has 2 aliphatic rings. The number of hydrogen-bond acceptors (Lipinski definition) is 4. The SMILES string of the molecule is CC(C)(C)c1ccc2c(c1)c1cc(C(C)(C)C)ccc1n2-c1ccc2c(c1)N(c1c(-c3ccccc3)cc(C(C)(C)C)c3oc4ccccc4c13)c1cc(-c3ccccc3)cc3c1B2c1cc(-c2ccccc2)ccc1N3c1c(-c2ccccc2)cc(C(C)(C)C)c2oc3ccccc3c12. The number of anilines is 6. The van der Waals surface area contributed by atoms with Crippen molar-refractivity contribution in [2.75, 3.05) is 9.80 Å². The molecule has 0 atom stereocenters. The van der Waals surface area contributed by atoms with E-state index in [2.05, 4.69) is 364 Å². The molecule has 0 saturated carbocycles. The van der Waals surface area contributed by atoms with Crippen molar-refractivity contribution in [2.45, 2.75) is 105 Å². The number of furan rings is 2. The van der Waals surface area contributed by atoms with E-state index in [1.54, 1.807) is 0 Å². The third-order valence-corrected chi connectivity index (χ3v) is 21.5. The molecule has 3 aromatic heterocycles. The molecular weight excluding hydrogens is 1210 g/mol. The van der Waals surface area contributed by atoms with Crippen LogP contribution in [0.3, 0.4) is 0 Å². The van der Waals surface area contributed by atoms with Crippen LogP contribution >= 0.6 is 0 Å². The Kier molecular flexibility index (Phi) is 13.6. The molecule has 0 fully saturated rings. The Morgan fingerprint density at radius 1 is 0.300 bits per heavy atom. The minimum Gasteiger partial charge on any atom is -0.456 e. The maximum Gasteiger partial charge on any atom is 0.252 e. The van der Waals surface area contributed by atoms with Crippen molar-refractivity contribution in [3.63, 3.8) is 0 Å². The first-order valence-electron chi connectivity index (χ1n) is 35.5. The first kappa shape index (κ1) is 61.3. The third kappa shape index (κ3) is 9.57.